The zero-order valence-corrected chi connectivity index (χ0v) is 10.2. The highest BCUT2D eigenvalue weighted by molar-refractivity contribution is 5.35. The smallest absolute Gasteiger partial charge is 0.312 e. The number of nitrogens with zero attached hydrogens (tertiary/aromatic N) is 3. The molecule has 0 aromatic carbocycles. The lowest BCUT2D eigenvalue weighted by Gasteiger charge is -2.34. The molecule has 92 valence electrons. The number of fused-ring (bicyclic) bond motifs is 1. The normalized spacial score (nSPS) is 21.4. The van der Waals surface area contributed by atoms with E-state index in [4.69, 9.17) is 4.74 Å². The highest BCUT2D eigenvalue weighted by Crippen LogP contribution is 2.48. The summed E-state index contributed by atoms with van der Waals surface area (Å²) < 4.78 is 18.7. The Balaban J connectivity index is 2.02. The minimum atomic E-state index is -0.674. The van der Waals surface area contributed by atoms with E-state index in [1.165, 1.54) is 12.8 Å². The summed E-state index contributed by atoms with van der Waals surface area (Å²) in [6.07, 6.45) is 2.50. The summed E-state index contributed by atoms with van der Waals surface area (Å²) in [4.78, 5) is 10.0. The fourth-order valence-corrected chi connectivity index (χ4v) is 2.59. The molecule has 1 aliphatic carbocycles. The van der Waals surface area contributed by atoms with E-state index in [0.29, 0.717) is 12.5 Å². The summed E-state index contributed by atoms with van der Waals surface area (Å²) in [7, 11) is 2.11. The number of hydrogen-bond acceptors (Lipinski definition) is 4. The maximum Gasteiger partial charge on any atom is 0.312 e. The van der Waals surface area contributed by atoms with Crippen molar-refractivity contribution in [3.63, 3.8) is 0 Å². The molecule has 1 aliphatic heterocycles. The molecule has 1 aromatic heterocycles. The monoisotopic (exact) mass is 237 g/mol. The standard InChI is InChI=1S/C12H16FN3O/c1-3-17-10-8-7-16(2)12(4-5-12)6-9(8)14-11(13)15-10/h3-7H2,1-2H3. The van der Waals surface area contributed by atoms with Gasteiger partial charge >= 0.3 is 6.08 Å². The van der Waals surface area contributed by atoms with Crippen LogP contribution in [0.4, 0.5) is 4.39 Å². The Labute approximate surface area is 99.8 Å². The first-order chi connectivity index (χ1) is 8.14. The van der Waals surface area contributed by atoms with E-state index in [2.05, 4.69) is 21.9 Å². The summed E-state index contributed by atoms with van der Waals surface area (Å²) in [6, 6.07) is 0. The third kappa shape index (κ3) is 1.69. The summed E-state index contributed by atoms with van der Waals surface area (Å²) in [5.74, 6) is 0.414. The van der Waals surface area contributed by atoms with Crippen molar-refractivity contribution in [1.29, 1.82) is 0 Å². The van der Waals surface area contributed by atoms with E-state index >= 15 is 0 Å². The molecule has 0 atom stereocenters. The van der Waals surface area contributed by atoms with Gasteiger partial charge < -0.3 is 4.74 Å². The molecule has 5 heteroatoms. The van der Waals surface area contributed by atoms with Gasteiger partial charge in [0.2, 0.25) is 5.88 Å². The van der Waals surface area contributed by atoms with Gasteiger partial charge in [0.25, 0.3) is 0 Å². The van der Waals surface area contributed by atoms with Gasteiger partial charge in [0.05, 0.1) is 17.9 Å². The first-order valence-corrected chi connectivity index (χ1v) is 6.04. The average molecular weight is 237 g/mol. The zero-order chi connectivity index (χ0) is 12.0. The third-order valence-corrected chi connectivity index (χ3v) is 3.84. The predicted octanol–water partition coefficient (Wildman–Crippen LogP) is 1.53. The molecule has 17 heavy (non-hydrogen) atoms. The molecule has 0 unspecified atom stereocenters. The molecule has 3 rings (SSSR count). The summed E-state index contributed by atoms with van der Waals surface area (Å²) >= 11 is 0. The number of aromatic nitrogens is 2. The first-order valence-electron chi connectivity index (χ1n) is 6.04. The van der Waals surface area contributed by atoms with Gasteiger partial charge in [-0.25, -0.2) is 4.98 Å². The van der Waals surface area contributed by atoms with Crippen molar-refractivity contribution in [2.75, 3.05) is 13.7 Å². The first kappa shape index (κ1) is 10.9. The maximum absolute atomic E-state index is 13.3. The molecule has 2 aliphatic rings. The quantitative estimate of drug-likeness (QED) is 0.731. The van der Waals surface area contributed by atoms with Crippen molar-refractivity contribution in [2.45, 2.75) is 38.3 Å². The second kappa shape index (κ2) is 3.63. The van der Waals surface area contributed by atoms with Gasteiger partial charge in [0.1, 0.15) is 0 Å². The molecular weight excluding hydrogens is 221 g/mol. The Morgan fingerprint density at radius 3 is 2.82 bits per heavy atom. The van der Waals surface area contributed by atoms with Crippen molar-refractivity contribution < 1.29 is 9.13 Å². The highest BCUT2D eigenvalue weighted by atomic mass is 19.1. The van der Waals surface area contributed by atoms with E-state index in [1.807, 2.05) is 6.92 Å². The van der Waals surface area contributed by atoms with Crippen LogP contribution in [0.2, 0.25) is 0 Å². The topological polar surface area (TPSA) is 38.3 Å². The lowest BCUT2D eigenvalue weighted by molar-refractivity contribution is 0.183. The molecule has 0 bridgehead atoms. The molecular formula is C12H16FN3O. The second-order valence-corrected chi connectivity index (χ2v) is 4.91. The van der Waals surface area contributed by atoms with Gasteiger partial charge in [-0.3, -0.25) is 4.90 Å². The fraction of sp³-hybridized carbons (Fsp3) is 0.667. The molecule has 0 saturated heterocycles. The van der Waals surface area contributed by atoms with Crippen LogP contribution in [0, 0.1) is 6.08 Å². The Hall–Kier alpha value is -1.23. The van der Waals surface area contributed by atoms with Crippen LogP contribution < -0.4 is 4.74 Å². The van der Waals surface area contributed by atoms with Crippen LogP contribution in [0.15, 0.2) is 0 Å². The van der Waals surface area contributed by atoms with Gasteiger partial charge in [0.15, 0.2) is 0 Å². The van der Waals surface area contributed by atoms with Gasteiger partial charge in [-0.1, -0.05) is 0 Å². The molecule has 4 nitrogen and oxygen atoms in total. The van der Waals surface area contributed by atoms with E-state index in [-0.39, 0.29) is 5.54 Å². The van der Waals surface area contributed by atoms with Gasteiger partial charge in [0, 0.05) is 18.5 Å². The number of ether oxygens (including phenoxy) is 1. The maximum atomic E-state index is 13.3. The number of likely N-dealkylation sites (N-methyl/N-ethyl adjacent to an activating group) is 1. The summed E-state index contributed by atoms with van der Waals surface area (Å²) in [5.41, 5.74) is 2.02. The molecule has 1 aromatic rings. The van der Waals surface area contributed by atoms with Crippen LogP contribution in [-0.4, -0.2) is 34.1 Å². The van der Waals surface area contributed by atoms with Crippen LogP contribution in [0.1, 0.15) is 31.0 Å². The average Bonchev–Trinajstić information content (AvgIpc) is 3.02. The minimum Gasteiger partial charge on any atom is -0.478 e. The minimum absolute atomic E-state index is 0.233. The number of rotatable bonds is 2. The van der Waals surface area contributed by atoms with Crippen molar-refractivity contribution in [3.8, 4) is 5.88 Å². The fourth-order valence-electron chi connectivity index (χ4n) is 2.59. The van der Waals surface area contributed by atoms with Crippen LogP contribution >= 0.6 is 0 Å². The summed E-state index contributed by atoms with van der Waals surface area (Å²) in [5, 5.41) is 0. The van der Waals surface area contributed by atoms with E-state index < -0.39 is 6.08 Å². The largest absolute Gasteiger partial charge is 0.478 e. The SMILES string of the molecule is CCOc1nc(F)nc2c1CN(C)C1(CC1)C2. The van der Waals surface area contributed by atoms with Crippen molar-refractivity contribution in [2.24, 2.45) is 0 Å². The van der Waals surface area contributed by atoms with Crippen LogP contribution in [0.5, 0.6) is 5.88 Å². The van der Waals surface area contributed by atoms with Crippen molar-refractivity contribution in [3.05, 3.63) is 17.3 Å². The van der Waals surface area contributed by atoms with Gasteiger partial charge in [-0.15, -0.1) is 0 Å². The van der Waals surface area contributed by atoms with Gasteiger partial charge in [-0.2, -0.15) is 9.37 Å². The van der Waals surface area contributed by atoms with Crippen LogP contribution in [0.3, 0.4) is 0 Å². The van der Waals surface area contributed by atoms with Crippen molar-refractivity contribution in [1.82, 2.24) is 14.9 Å². The van der Waals surface area contributed by atoms with Crippen LogP contribution in [-0.2, 0) is 13.0 Å². The Bertz CT molecular complexity index is 459. The van der Waals surface area contributed by atoms with E-state index in [1.54, 1.807) is 0 Å². The summed E-state index contributed by atoms with van der Waals surface area (Å²) in [6.45, 7) is 3.13. The van der Waals surface area contributed by atoms with Gasteiger partial charge in [-0.05, 0) is 26.8 Å². The zero-order valence-electron chi connectivity index (χ0n) is 10.2. The molecule has 2 heterocycles. The molecule has 1 saturated carbocycles. The Kier molecular flexibility index (Phi) is 2.33. The highest BCUT2D eigenvalue weighted by Gasteiger charge is 2.50. The Morgan fingerprint density at radius 2 is 2.18 bits per heavy atom. The molecule has 1 spiro atoms. The molecule has 0 N–H and O–H groups in total. The van der Waals surface area contributed by atoms with E-state index in [0.717, 1.165) is 24.2 Å². The van der Waals surface area contributed by atoms with Crippen molar-refractivity contribution >= 4 is 0 Å². The molecule has 0 radical (unpaired) electrons. The Morgan fingerprint density at radius 1 is 1.41 bits per heavy atom. The lowest BCUT2D eigenvalue weighted by Crippen LogP contribution is -2.40. The predicted molar refractivity (Wildman–Crippen MR) is 60.3 cm³/mol. The second-order valence-electron chi connectivity index (χ2n) is 4.91. The van der Waals surface area contributed by atoms with Crippen LogP contribution in [0.25, 0.3) is 0 Å². The lowest BCUT2D eigenvalue weighted by atomic mass is 9.98. The number of hydrogen-bond donors (Lipinski definition) is 0. The molecule has 0 amide bonds. The number of halogens is 1. The molecule has 1 fully saturated rings. The van der Waals surface area contributed by atoms with E-state index in [9.17, 15) is 4.39 Å². The third-order valence-electron chi connectivity index (χ3n) is 3.84.